The molecule has 11 heteroatoms. The smallest absolute Gasteiger partial charge is 0.270 e. The van der Waals surface area contributed by atoms with Crippen LogP contribution in [0.15, 0.2) is 83.1 Å². The maximum Gasteiger partial charge on any atom is 0.270 e. The van der Waals surface area contributed by atoms with Gasteiger partial charge in [0.15, 0.2) is 5.13 Å². The van der Waals surface area contributed by atoms with Crippen LogP contribution in [-0.2, 0) is 4.79 Å². The number of amides is 2. The van der Waals surface area contributed by atoms with Gasteiger partial charge in [0.2, 0.25) is 5.91 Å². The first-order chi connectivity index (χ1) is 17.8. The highest BCUT2D eigenvalue weighted by Gasteiger charge is 2.17. The van der Waals surface area contributed by atoms with Crippen molar-refractivity contribution in [1.82, 2.24) is 4.98 Å². The first-order valence-electron chi connectivity index (χ1n) is 11.1. The molecule has 9 nitrogen and oxygen atoms in total. The van der Waals surface area contributed by atoms with E-state index in [2.05, 4.69) is 15.6 Å². The van der Waals surface area contributed by atoms with Gasteiger partial charge in [-0.25, -0.2) is 4.98 Å². The summed E-state index contributed by atoms with van der Waals surface area (Å²) in [5.41, 5.74) is 2.29. The largest absolute Gasteiger partial charge is 0.497 e. The van der Waals surface area contributed by atoms with Crippen LogP contribution in [0.25, 0.3) is 11.3 Å². The highest BCUT2D eigenvalue weighted by atomic mass is 32.2. The van der Waals surface area contributed by atoms with Crippen LogP contribution in [0.3, 0.4) is 0 Å². The van der Waals surface area contributed by atoms with Gasteiger partial charge in [-0.1, -0.05) is 12.1 Å². The molecular formula is C26H22N4O5S2. The summed E-state index contributed by atoms with van der Waals surface area (Å²) in [4.78, 5) is 40.9. The Balaban J connectivity index is 1.32. The Morgan fingerprint density at radius 3 is 2.46 bits per heavy atom. The Morgan fingerprint density at radius 2 is 1.78 bits per heavy atom. The average molecular weight is 535 g/mol. The van der Waals surface area contributed by atoms with Crippen molar-refractivity contribution in [2.24, 2.45) is 0 Å². The molecule has 2 N–H and O–H groups in total. The predicted molar refractivity (Wildman–Crippen MR) is 146 cm³/mol. The predicted octanol–water partition coefficient (Wildman–Crippen LogP) is 6.10. The fraction of sp³-hybridized carbons (Fsp3) is 0.115. The lowest BCUT2D eigenvalue weighted by atomic mass is 10.1. The molecule has 4 rings (SSSR count). The summed E-state index contributed by atoms with van der Waals surface area (Å²) in [6, 6.07) is 20.2. The molecular weight excluding hydrogens is 512 g/mol. The molecule has 188 valence electrons. The van der Waals surface area contributed by atoms with E-state index < -0.39 is 10.2 Å². The lowest BCUT2D eigenvalue weighted by molar-refractivity contribution is -0.384. The summed E-state index contributed by atoms with van der Waals surface area (Å²) in [6.45, 7) is 1.79. The number of nitrogens with zero attached hydrogens (tertiary/aromatic N) is 2. The number of hydrogen-bond donors (Lipinski definition) is 2. The van der Waals surface area contributed by atoms with Gasteiger partial charge < -0.3 is 15.4 Å². The Hall–Kier alpha value is -4.22. The van der Waals surface area contributed by atoms with Crippen LogP contribution in [-0.4, -0.2) is 34.1 Å². The Labute approximate surface area is 221 Å². The van der Waals surface area contributed by atoms with Gasteiger partial charge in [-0.3, -0.25) is 19.7 Å². The second-order valence-corrected chi connectivity index (χ2v) is 10.1. The van der Waals surface area contributed by atoms with Crippen LogP contribution < -0.4 is 15.4 Å². The van der Waals surface area contributed by atoms with E-state index in [0.717, 1.165) is 4.90 Å². The minimum absolute atomic E-state index is 0.0209. The number of benzene rings is 3. The zero-order valence-corrected chi connectivity index (χ0v) is 21.5. The van der Waals surface area contributed by atoms with Crippen molar-refractivity contribution in [2.45, 2.75) is 17.1 Å². The third kappa shape index (κ3) is 6.72. The molecule has 3 aromatic carbocycles. The van der Waals surface area contributed by atoms with Crippen LogP contribution in [0, 0.1) is 10.1 Å². The van der Waals surface area contributed by atoms with Gasteiger partial charge in [-0.15, -0.1) is 23.1 Å². The third-order valence-corrected chi connectivity index (χ3v) is 7.10. The van der Waals surface area contributed by atoms with Crippen molar-refractivity contribution < 1.29 is 19.2 Å². The van der Waals surface area contributed by atoms with Crippen molar-refractivity contribution in [3.63, 3.8) is 0 Å². The summed E-state index contributed by atoms with van der Waals surface area (Å²) in [5, 5.41) is 18.4. The molecule has 0 bridgehead atoms. The van der Waals surface area contributed by atoms with Crippen LogP contribution in [0.1, 0.15) is 17.3 Å². The number of rotatable bonds is 9. The molecule has 0 saturated carbocycles. The van der Waals surface area contributed by atoms with E-state index in [1.807, 2.05) is 12.1 Å². The summed E-state index contributed by atoms with van der Waals surface area (Å²) in [5.74, 6) is 0.222. The lowest BCUT2D eigenvalue weighted by Gasteiger charge is -2.11. The number of aromatic nitrogens is 1. The van der Waals surface area contributed by atoms with E-state index in [0.29, 0.717) is 33.4 Å². The van der Waals surface area contributed by atoms with E-state index in [1.165, 1.54) is 35.2 Å². The van der Waals surface area contributed by atoms with Crippen LogP contribution in [0.4, 0.5) is 16.5 Å². The molecule has 0 saturated heterocycles. The number of thiazole rings is 1. The van der Waals surface area contributed by atoms with Gasteiger partial charge in [0.25, 0.3) is 11.6 Å². The standard InChI is InChI=1S/C26H22N4O5S2/c1-16(24(31)29-26-28-23(15-36-26)18-4-3-5-20(14-18)30(33)34)37-22-12-8-19(9-13-22)27-25(32)17-6-10-21(35-2)11-7-17/h3-16H,1-2H3,(H,27,32)(H,28,29,31). The number of nitrogens with one attached hydrogen (secondary N) is 2. The van der Waals surface area contributed by atoms with Gasteiger partial charge in [-0.05, 0) is 55.5 Å². The number of nitro groups is 1. The molecule has 0 fully saturated rings. The Morgan fingerprint density at radius 1 is 1.05 bits per heavy atom. The maximum atomic E-state index is 12.7. The molecule has 0 radical (unpaired) electrons. The van der Waals surface area contributed by atoms with E-state index in [4.69, 9.17) is 4.74 Å². The monoisotopic (exact) mass is 534 g/mol. The van der Waals surface area contributed by atoms with Crippen LogP contribution in [0.5, 0.6) is 5.75 Å². The number of non-ortho nitro benzene ring substituents is 1. The molecule has 1 unspecified atom stereocenters. The van der Waals surface area contributed by atoms with Crippen molar-refractivity contribution >= 4 is 51.4 Å². The van der Waals surface area contributed by atoms with Gasteiger partial charge in [0.1, 0.15) is 5.75 Å². The van der Waals surface area contributed by atoms with E-state index in [9.17, 15) is 19.7 Å². The van der Waals surface area contributed by atoms with Crippen LogP contribution in [0.2, 0.25) is 0 Å². The second-order valence-electron chi connectivity index (χ2n) is 7.80. The fourth-order valence-electron chi connectivity index (χ4n) is 3.27. The van der Waals surface area contributed by atoms with Gasteiger partial charge in [0, 0.05) is 39.2 Å². The van der Waals surface area contributed by atoms with Gasteiger partial charge in [0.05, 0.1) is 23.0 Å². The number of methoxy groups -OCH3 is 1. The number of hydrogen-bond acceptors (Lipinski definition) is 8. The number of ether oxygens (including phenoxy) is 1. The first-order valence-corrected chi connectivity index (χ1v) is 12.8. The molecule has 1 aromatic heterocycles. The molecule has 0 aliphatic carbocycles. The zero-order chi connectivity index (χ0) is 26.4. The highest BCUT2D eigenvalue weighted by Crippen LogP contribution is 2.29. The molecule has 4 aromatic rings. The lowest BCUT2D eigenvalue weighted by Crippen LogP contribution is -2.22. The zero-order valence-electron chi connectivity index (χ0n) is 19.8. The molecule has 1 atom stereocenters. The molecule has 1 heterocycles. The molecule has 0 spiro atoms. The Kier molecular flexibility index (Phi) is 8.16. The second kappa shape index (κ2) is 11.7. The summed E-state index contributed by atoms with van der Waals surface area (Å²) in [7, 11) is 1.57. The maximum absolute atomic E-state index is 12.7. The normalized spacial score (nSPS) is 11.4. The first kappa shape index (κ1) is 25.9. The van der Waals surface area contributed by atoms with E-state index in [1.54, 1.807) is 67.9 Å². The van der Waals surface area contributed by atoms with Crippen molar-refractivity contribution in [3.05, 3.63) is 93.9 Å². The Bertz CT molecular complexity index is 1420. The SMILES string of the molecule is COc1ccc(C(=O)Nc2ccc(SC(C)C(=O)Nc3nc(-c4cccc([N+](=O)[O-])c4)cs3)cc2)cc1. The van der Waals surface area contributed by atoms with Crippen molar-refractivity contribution in [1.29, 1.82) is 0 Å². The molecule has 0 aliphatic rings. The summed E-state index contributed by atoms with van der Waals surface area (Å²) >= 11 is 2.62. The fourth-order valence-corrected chi connectivity index (χ4v) is 4.86. The number of thioether (sulfide) groups is 1. The third-order valence-electron chi connectivity index (χ3n) is 5.23. The highest BCUT2D eigenvalue weighted by molar-refractivity contribution is 8.00. The molecule has 37 heavy (non-hydrogen) atoms. The minimum atomic E-state index is -0.459. The average Bonchev–Trinajstić information content (AvgIpc) is 3.38. The summed E-state index contributed by atoms with van der Waals surface area (Å²) < 4.78 is 5.11. The molecule has 2 amide bonds. The van der Waals surface area contributed by atoms with E-state index in [-0.39, 0.29) is 17.5 Å². The van der Waals surface area contributed by atoms with Crippen molar-refractivity contribution in [2.75, 3.05) is 17.7 Å². The van der Waals surface area contributed by atoms with Crippen LogP contribution >= 0.6 is 23.1 Å². The number of anilines is 2. The number of carbonyl (C=O) groups is 2. The van der Waals surface area contributed by atoms with E-state index >= 15 is 0 Å². The number of nitro benzene ring substituents is 1. The summed E-state index contributed by atoms with van der Waals surface area (Å²) in [6.07, 6.45) is 0. The number of carbonyl (C=O) groups excluding carboxylic acids is 2. The van der Waals surface area contributed by atoms with Crippen molar-refractivity contribution in [3.8, 4) is 17.0 Å². The molecule has 0 aliphatic heterocycles. The van der Waals surface area contributed by atoms with Gasteiger partial charge >= 0.3 is 0 Å². The topological polar surface area (TPSA) is 123 Å². The van der Waals surface area contributed by atoms with Gasteiger partial charge in [-0.2, -0.15) is 0 Å². The minimum Gasteiger partial charge on any atom is -0.497 e. The quantitative estimate of drug-likeness (QED) is 0.151.